The summed E-state index contributed by atoms with van der Waals surface area (Å²) in [4.78, 5) is 48.1. The number of amides is 2. The fraction of sp³-hybridized carbons (Fsp3) is 0.392. The molecule has 0 atom stereocenters. The Morgan fingerprint density at radius 2 is 1.19 bits per heavy atom. The number of halogens is 5. The monoisotopic (exact) mass is 1110 g/mol. The minimum Gasteiger partial charge on any atom is -0.475 e. The number of anilines is 2. The number of piperidine rings is 1. The van der Waals surface area contributed by atoms with E-state index in [0.29, 0.717) is 84.4 Å². The van der Waals surface area contributed by atoms with Crippen LogP contribution in [0.15, 0.2) is 96.6 Å². The molecule has 3 aliphatic heterocycles. The van der Waals surface area contributed by atoms with Crippen LogP contribution in [0.4, 0.5) is 11.4 Å². The molecule has 1 saturated carbocycles. The maximum Gasteiger partial charge on any atom is 0.371 e. The van der Waals surface area contributed by atoms with Crippen molar-refractivity contribution in [2.24, 2.45) is 11.8 Å². The molecule has 5 heterocycles. The van der Waals surface area contributed by atoms with Gasteiger partial charge in [-0.05, 0) is 136 Å². The molecule has 1 N–H and O–H groups in total. The SMILES string of the molecule is O=C(O)c1cc2c(Br)c(N3CCC(CN(Cc4ccc(Cl)cc4)CC4CC4)CC3)ccc2o1.O=C(c1cc2c(Br)c(N3CCCN(C(=O)c4c(Cl)cccc4Cl)CC3)ccc2o1)N1CCOCC1. The summed E-state index contributed by atoms with van der Waals surface area (Å²) >= 11 is 26.0. The van der Waals surface area contributed by atoms with Crippen molar-refractivity contribution in [2.75, 3.05) is 88.5 Å². The van der Waals surface area contributed by atoms with E-state index in [9.17, 15) is 19.5 Å². The molecule has 2 aromatic heterocycles. The first kappa shape index (κ1) is 48.7. The Bertz CT molecular complexity index is 2770. The van der Waals surface area contributed by atoms with Crippen LogP contribution in [-0.2, 0) is 11.3 Å². The standard InChI is InChI=1S/C26H28BrClN2O3.C25H24BrCl2N3O4/c27-25-21-13-24(26(31)32)33-23(21)8-7-22(25)30-11-9-19(10-12-30)16-29(14-17-1-2-17)15-18-3-5-20(28)6-4-18;26-23-16-15-21(24(32)31-11-13-34-14-12-31)35-20(16)6-5-19(23)29-7-2-8-30(10-9-29)25(33)22-17(27)3-1-4-18(22)28/h3-8,13,17,19H,1-2,9-12,14-16H2,(H,31,32);1,3-6,15H,2,7-14H2. The summed E-state index contributed by atoms with van der Waals surface area (Å²) in [6.07, 6.45) is 5.83. The fourth-order valence-corrected chi connectivity index (χ4v) is 11.5. The number of nitrogens with zero attached hydrogens (tertiary/aromatic N) is 5. The molecule has 6 aromatic rings. The molecule has 4 fully saturated rings. The van der Waals surface area contributed by atoms with Gasteiger partial charge in [0.2, 0.25) is 5.76 Å². The second-order valence-electron chi connectivity index (χ2n) is 18.0. The first-order chi connectivity index (χ1) is 32.9. The van der Waals surface area contributed by atoms with Gasteiger partial charge in [-0.25, -0.2) is 4.79 Å². The summed E-state index contributed by atoms with van der Waals surface area (Å²) < 4.78 is 18.5. The van der Waals surface area contributed by atoms with E-state index in [1.54, 1.807) is 40.1 Å². The lowest BCUT2D eigenvalue weighted by Crippen LogP contribution is -2.40. The van der Waals surface area contributed by atoms with E-state index < -0.39 is 5.97 Å². The summed E-state index contributed by atoms with van der Waals surface area (Å²) in [6, 6.07) is 24.5. The maximum absolute atomic E-state index is 13.1. The second kappa shape index (κ2) is 21.8. The zero-order chi connectivity index (χ0) is 47.5. The number of rotatable bonds is 11. The highest BCUT2D eigenvalue weighted by atomic mass is 79.9. The topological polar surface area (TPSA) is 123 Å². The zero-order valence-electron chi connectivity index (χ0n) is 37.4. The van der Waals surface area contributed by atoms with Crippen molar-refractivity contribution in [1.29, 1.82) is 0 Å². The number of carboxylic acid groups (broad SMARTS) is 1. The predicted molar refractivity (Wildman–Crippen MR) is 275 cm³/mol. The minimum absolute atomic E-state index is 0.0296. The molecule has 68 heavy (non-hydrogen) atoms. The lowest BCUT2D eigenvalue weighted by atomic mass is 9.95. The third-order valence-electron chi connectivity index (χ3n) is 13.3. The summed E-state index contributed by atoms with van der Waals surface area (Å²) in [6.45, 7) is 10.1. The zero-order valence-corrected chi connectivity index (χ0v) is 42.9. The van der Waals surface area contributed by atoms with Gasteiger partial charge in [-0.1, -0.05) is 53.0 Å². The predicted octanol–water partition coefficient (Wildman–Crippen LogP) is 12.0. The highest BCUT2D eigenvalue weighted by Gasteiger charge is 2.30. The highest BCUT2D eigenvalue weighted by Crippen LogP contribution is 2.39. The van der Waals surface area contributed by atoms with Gasteiger partial charge in [0.05, 0.1) is 49.1 Å². The van der Waals surface area contributed by atoms with Gasteiger partial charge in [0.1, 0.15) is 11.2 Å². The number of hydrogen-bond acceptors (Lipinski definition) is 9. The molecule has 3 saturated heterocycles. The Morgan fingerprint density at radius 3 is 1.79 bits per heavy atom. The maximum atomic E-state index is 13.1. The van der Waals surface area contributed by atoms with E-state index in [2.05, 4.69) is 58.7 Å². The van der Waals surface area contributed by atoms with E-state index in [0.717, 1.165) is 94.0 Å². The van der Waals surface area contributed by atoms with Crippen LogP contribution < -0.4 is 9.80 Å². The van der Waals surface area contributed by atoms with Gasteiger partial charge in [0.15, 0.2) is 5.76 Å². The third kappa shape index (κ3) is 11.3. The Morgan fingerprint density at radius 1 is 0.632 bits per heavy atom. The summed E-state index contributed by atoms with van der Waals surface area (Å²) in [5, 5.41) is 12.4. The van der Waals surface area contributed by atoms with Crippen LogP contribution in [0, 0.1) is 11.8 Å². The number of carbonyl (C=O) groups excluding carboxylic acids is 2. The quantitative estimate of drug-likeness (QED) is 0.134. The van der Waals surface area contributed by atoms with Gasteiger partial charge in [0.25, 0.3) is 11.8 Å². The van der Waals surface area contributed by atoms with Gasteiger partial charge in [-0.15, -0.1) is 0 Å². The van der Waals surface area contributed by atoms with Crippen LogP contribution in [-0.4, -0.2) is 116 Å². The van der Waals surface area contributed by atoms with E-state index in [1.807, 2.05) is 36.4 Å². The number of carboxylic acids is 1. The number of morpholine rings is 1. The van der Waals surface area contributed by atoms with Crippen molar-refractivity contribution in [2.45, 2.75) is 38.6 Å². The lowest BCUT2D eigenvalue weighted by Gasteiger charge is -2.36. The number of aromatic carboxylic acids is 1. The van der Waals surface area contributed by atoms with Crippen LogP contribution in [0.2, 0.25) is 15.1 Å². The molecule has 1 aliphatic carbocycles. The molecule has 4 aromatic carbocycles. The number of fused-ring (bicyclic) bond motifs is 2. The molecule has 10 rings (SSSR count). The largest absolute Gasteiger partial charge is 0.475 e. The van der Waals surface area contributed by atoms with Crippen molar-refractivity contribution in [3.63, 3.8) is 0 Å². The molecule has 0 unspecified atom stereocenters. The third-order valence-corrected chi connectivity index (χ3v) is 15.8. The van der Waals surface area contributed by atoms with Crippen molar-refractivity contribution < 1.29 is 33.1 Å². The normalized spacial score (nSPS) is 17.1. The number of ether oxygens (including phenoxy) is 1. The molecule has 0 bridgehead atoms. The van der Waals surface area contributed by atoms with Crippen LogP contribution in [0.3, 0.4) is 0 Å². The van der Waals surface area contributed by atoms with Gasteiger partial charge in [-0.3, -0.25) is 14.5 Å². The molecule has 2 amide bonds. The first-order valence-corrected chi connectivity index (χ1v) is 25.9. The first-order valence-electron chi connectivity index (χ1n) is 23.1. The van der Waals surface area contributed by atoms with Gasteiger partial charge < -0.3 is 38.3 Å². The van der Waals surface area contributed by atoms with Crippen molar-refractivity contribution in [3.8, 4) is 0 Å². The molecular weight excluding hydrogens is 1060 g/mol. The van der Waals surface area contributed by atoms with E-state index in [1.165, 1.54) is 24.9 Å². The van der Waals surface area contributed by atoms with Crippen molar-refractivity contribution in [1.82, 2.24) is 14.7 Å². The summed E-state index contributed by atoms with van der Waals surface area (Å²) in [5.41, 5.74) is 5.02. The number of furan rings is 2. The minimum atomic E-state index is -1.05. The Hall–Kier alpha value is -4.28. The molecule has 0 radical (unpaired) electrons. The van der Waals surface area contributed by atoms with Gasteiger partial charge >= 0.3 is 5.97 Å². The number of carbonyl (C=O) groups is 3. The molecule has 0 spiro atoms. The Kier molecular flexibility index (Phi) is 15.6. The average molecular weight is 1110 g/mol. The van der Waals surface area contributed by atoms with Crippen LogP contribution >= 0.6 is 66.7 Å². The van der Waals surface area contributed by atoms with Crippen LogP contribution in [0.1, 0.15) is 69.1 Å². The van der Waals surface area contributed by atoms with Crippen LogP contribution in [0.5, 0.6) is 0 Å². The van der Waals surface area contributed by atoms with Gasteiger partial charge in [0, 0.05) is 93.9 Å². The van der Waals surface area contributed by atoms with E-state index >= 15 is 0 Å². The summed E-state index contributed by atoms with van der Waals surface area (Å²) in [7, 11) is 0. The average Bonchev–Trinajstić information content (AvgIpc) is 3.95. The fourth-order valence-electron chi connectivity index (χ4n) is 9.41. The van der Waals surface area contributed by atoms with Crippen molar-refractivity contribution in [3.05, 3.63) is 126 Å². The molecule has 4 aliphatic rings. The smallest absolute Gasteiger partial charge is 0.371 e. The molecule has 358 valence electrons. The summed E-state index contributed by atoms with van der Waals surface area (Å²) in [5.74, 6) is 0.517. The van der Waals surface area contributed by atoms with Crippen molar-refractivity contribution >= 4 is 118 Å². The van der Waals surface area contributed by atoms with E-state index in [-0.39, 0.29) is 17.6 Å². The molecule has 17 heteroatoms. The number of benzene rings is 4. The molecule has 12 nitrogen and oxygen atoms in total. The Balaban J connectivity index is 0.000000170. The molecular formula is C51H52Br2Cl3N5O7. The van der Waals surface area contributed by atoms with Crippen LogP contribution in [0.25, 0.3) is 21.9 Å². The van der Waals surface area contributed by atoms with E-state index in [4.69, 9.17) is 48.4 Å². The number of hydrogen-bond donors (Lipinski definition) is 1. The second-order valence-corrected chi connectivity index (χ2v) is 20.8. The Labute approximate surface area is 427 Å². The van der Waals surface area contributed by atoms with Gasteiger partial charge in [-0.2, -0.15) is 0 Å². The highest BCUT2D eigenvalue weighted by molar-refractivity contribution is 9.11. The lowest BCUT2D eigenvalue weighted by molar-refractivity contribution is 0.0284.